The summed E-state index contributed by atoms with van der Waals surface area (Å²) < 4.78 is 16.0. The van der Waals surface area contributed by atoms with E-state index < -0.39 is 26.3 Å². The summed E-state index contributed by atoms with van der Waals surface area (Å²) in [5.41, 5.74) is 4.44. The van der Waals surface area contributed by atoms with Gasteiger partial charge in [0.15, 0.2) is 6.61 Å². The number of allylic oxidation sites excluding steroid dienone is 1. The second-order valence-electron chi connectivity index (χ2n) is 10.2. The van der Waals surface area contributed by atoms with Gasteiger partial charge in [0.25, 0.3) is 0 Å². The molecule has 0 saturated heterocycles. The summed E-state index contributed by atoms with van der Waals surface area (Å²) in [6.07, 6.45) is 4.35. The van der Waals surface area contributed by atoms with Gasteiger partial charge in [-0.2, -0.15) is 0 Å². The Morgan fingerprint density at radius 1 is 1.23 bits per heavy atom. The standard InChI is InChI=1S/C26H35ClN2O5Si/c1-7-18-19-14-17(34-35(5,6)26(2,3)4)11-12-21(19)29-24-20(18)15-28-22(24)10-8-9-13-32-23(30)16-33-25(27)31/h10-12,14,28H,7-9,13,15-16H2,1-6H3/b22-10-. The number of aromatic nitrogens is 1. The van der Waals surface area contributed by atoms with E-state index in [1.807, 2.05) is 6.07 Å². The Balaban J connectivity index is 1.74. The maximum absolute atomic E-state index is 11.5. The third kappa shape index (κ3) is 6.55. The van der Waals surface area contributed by atoms with Crippen molar-refractivity contribution >= 4 is 47.9 Å². The zero-order valence-electron chi connectivity index (χ0n) is 21.4. The van der Waals surface area contributed by atoms with Gasteiger partial charge in [-0.15, -0.1) is 0 Å². The fraction of sp³-hybridized carbons (Fsp3) is 0.500. The molecule has 7 nitrogen and oxygen atoms in total. The van der Waals surface area contributed by atoms with E-state index in [1.54, 1.807) is 0 Å². The highest BCUT2D eigenvalue weighted by atomic mass is 35.5. The lowest BCUT2D eigenvalue weighted by atomic mass is 9.99. The summed E-state index contributed by atoms with van der Waals surface area (Å²) >= 11 is 5.03. The summed E-state index contributed by atoms with van der Waals surface area (Å²) in [5.74, 6) is 0.297. The number of fused-ring (bicyclic) bond motifs is 2. The van der Waals surface area contributed by atoms with Crippen LogP contribution < -0.4 is 9.74 Å². The molecule has 0 bridgehead atoms. The molecule has 0 aliphatic carbocycles. The Kier molecular flexibility index (Phi) is 8.49. The van der Waals surface area contributed by atoms with Gasteiger partial charge in [-0.1, -0.05) is 33.8 Å². The molecule has 35 heavy (non-hydrogen) atoms. The number of carbonyl (C=O) groups excluding carboxylic acids is 2. The van der Waals surface area contributed by atoms with Crippen molar-refractivity contribution in [2.45, 2.75) is 71.6 Å². The van der Waals surface area contributed by atoms with Crippen molar-refractivity contribution in [2.75, 3.05) is 13.2 Å². The highest BCUT2D eigenvalue weighted by molar-refractivity contribution is 6.74. The molecule has 9 heteroatoms. The number of pyridine rings is 1. The summed E-state index contributed by atoms with van der Waals surface area (Å²) in [4.78, 5) is 27.0. The summed E-state index contributed by atoms with van der Waals surface area (Å²) in [6.45, 7) is 13.9. The minimum atomic E-state index is -1.93. The number of ether oxygens (including phenoxy) is 2. The zero-order chi connectivity index (χ0) is 25.8. The van der Waals surface area contributed by atoms with E-state index in [-0.39, 0.29) is 11.6 Å². The number of nitrogens with one attached hydrogen (secondary N) is 1. The third-order valence-electron chi connectivity index (χ3n) is 6.68. The Hall–Kier alpha value is -2.58. The minimum Gasteiger partial charge on any atom is -0.543 e. The van der Waals surface area contributed by atoms with Gasteiger partial charge < -0.3 is 19.2 Å². The van der Waals surface area contributed by atoms with Crippen molar-refractivity contribution in [3.8, 4) is 5.75 Å². The molecule has 2 aromatic rings. The molecule has 0 atom stereocenters. The highest BCUT2D eigenvalue weighted by Crippen LogP contribution is 2.39. The normalized spacial score (nSPS) is 14.5. The predicted octanol–water partition coefficient (Wildman–Crippen LogP) is 6.32. The van der Waals surface area contributed by atoms with Crippen molar-refractivity contribution in [3.05, 3.63) is 41.1 Å². The fourth-order valence-electron chi connectivity index (χ4n) is 3.79. The molecule has 2 heterocycles. The number of rotatable bonds is 9. The number of benzene rings is 1. The van der Waals surface area contributed by atoms with Crippen molar-refractivity contribution in [2.24, 2.45) is 0 Å². The Morgan fingerprint density at radius 2 is 1.97 bits per heavy atom. The zero-order valence-corrected chi connectivity index (χ0v) is 23.2. The molecule has 1 aliphatic rings. The second-order valence-corrected chi connectivity index (χ2v) is 15.2. The second kappa shape index (κ2) is 11.0. The van der Waals surface area contributed by atoms with Gasteiger partial charge in [0.2, 0.25) is 8.32 Å². The van der Waals surface area contributed by atoms with Crippen LogP contribution in [0.2, 0.25) is 18.1 Å². The maximum Gasteiger partial charge on any atom is 0.404 e. The van der Waals surface area contributed by atoms with Gasteiger partial charge in [-0.3, -0.25) is 0 Å². The van der Waals surface area contributed by atoms with Gasteiger partial charge in [0.1, 0.15) is 5.75 Å². The molecular weight excluding hydrogens is 484 g/mol. The van der Waals surface area contributed by atoms with E-state index in [0.717, 1.165) is 41.0 Å². The first-order valence-corrected chi connectivity index (χ1v) is 15.3. The van der Waals surface area contributed by atoms with Gasteiger partial charge in [0.05, 0.1) is 23.5 Å². The van der Waals surface area contributed by atoms with Crippen LogP contribution in [0.1, 0.15) is 57.4 Å². The van der Waals surface area contributed by atoms with Crippen LogP contribution in [0.5, 0.6) is 5.75 Å². The molecule has 0 saturated carbocycles. The molecule has 0 amide bonds. The number of unbranched alkanes of at least 4 members (excludes halogenated alkanes) is 1. The molecule has 0 fully saturated rings. The van der Waals surface area contributed by atoms with E-state index in [9.17, 15) is 9.59 Å². The number of hydrogen-bond acceptors (Lipinski definition) is 7. The van der Waals surface area contributed by atoms with E-state index in [2.05, 4.69) is 69.1 Å². The smallest absolute Gasteiger partial charge is 0.404 e. The molecule has 3 rings (SSSR count). The monoisotopic (exact) mass is 518 g/mol. The number of aryl methyl sites for hydroxylation is 1. The molecule has 1 N–H and O–H groups in total. The van der Waals surface area contributed by atoms with E-state index in [4.69, 9.17) is 25.7 Å². The van der Waals surface area contributed by atoms with Crippen molar-refractivity contribution in [1.82, 2.24) is 10.3 Å². The SMILES string of the molecule is CCc1c2c(nc3ccc(O[Si](C)(C)C(C)(C)C)cc13)/C(=C/CCCOC(=O)COC(=O)Cl)NC2. The average molecular weight is 519 g/mol. The largest absolute Gasteiger partial charge is 0.543 e. The quantitative estimate of drug-likeness (QED) is 0.180. The third-order valence-corrected chi connectivity index (χ3v) is 11.1. The molecule has 0 radical (unpaired) electrons. The summed E-state index contributed by atoms with van der Waals surface area (Å²) in [6, 6.07) is 6.24. The van der Waals surface area contributed by atoms with Crippen LogP contribution in [0.25, 0.3) is 16.6 Å². The van der Waals surface area contributed by atoms with Crippen LogP contribution in [-0.4, -0.2) is 37.9 Å². The molecule has 0 unspecified atom stereocenters. The first kappa shape index (κ1) is 27.0. The Bertz CT molecular complexity index is 1140. The lowest BCUT2D eigenvalue weighted by molar-refractivity contribution is -0.146. The van der Waals surface area contributed by atoms with Crippen LogP contribution in [0, 0.1) is 0 Å². The van der Waals surface area contributed by atoms with E-state index >= 15 is 0 Å². The molecule has 1 aromatic carbocycles. The molecular formula is C26H35ClN2O5Si. The van der Waals surface area contributed by atoms with Crippen LogP contribution in [-0.2, 0) is 27.2 Å². The molecule has 1 aliphatic heterocycles. The number of halogens is 1. The van der Waals surface area contributed by atoms with Crippen LogP contribution >= 0.6 is 11.6 Å². The van der Waals surface area contributed by atoms with Gasteiger partial charge in [-0.05, 0) is 61.2 Å². The minimum absolute atomic E-state index is 0.130. The van der Waals surface area contributed by atoms with Crippen molar-refractivity contribution in [3.63, 3.8) is 0 Å². The van der Waals surface area contributed by atoms with Crippen molar-refractivity contribution < 1.29 is 23.5 Å². The highest BCUT2D eigenvalue weighted by Gasteiger charge is 2.39. The van der Waals surface area contributed by atoms with Crippen LogP contribution in [0.4, 0.5) is 4.79 Å². The van der Waals surface area contributed by atoms with E-state index in [0.29, 0.717) is 12.8 Å². The van der Waals surface area contributed by atoms with Gasteiger partial charge in [-0.25, -0.2) is 14.6 Å². The Morgan fingerprint density at radius 3 is 2.63 bits per heavy atom. The molecule has 1 aromatic heterocycles. The van der Waals surface area contributed by atoms with Gasteiger partial charge >= 0.3 is 11.4 Å². The molecule has 0 spiro atoms. The first-order chi connectivity index (χ1) is 16.4. The van der Waals surface area contributed by atoms with Crippen LogP contribution in [0.15, 0.2) is 24.3 Å². The number of nitrogens with zero attached hydrogens (tertiary/aromatic N) is 1. The lowest BCUT2D eigenvalue weighted by Crippen LogP contribution is -2.43. The Labute approximate surface area is 213 Å². The number of hydrogen-bond donors (Lipinski definition) is 1. The summed E-state index contributed by atoms with van der Waals surface area (Å²) in [7, 11) is -1.93. The van der Waals surface area contributed by atoms with E-state index in [1.165, 1.54) is 11.1 Å². The number of carbonyl (C=O) groups is 2. The van der Waals surface area contributed by atoms with Crippen molar-refractivity contribution in [1.29, 1.82) is 0 Å². The van der Waals surface area contributed by atoms with Gasteiger partial charge in [0, 0.05) is 29.1 Å². The summed E-state index contributed by atoms with van der Waals surface area (Å²) in [5, 5.41) is 4.75. The number of esters is 1. The average Bonchev–Trinajstić information content (AvgIpc) is 3.17. The first-order valence-electron chi connectivity index (χ1n) is 12.0. The fourth-order valence-corrected chi connectivity index (χ4v) is 4.86. The van der Waals surface area contributed by atoms with Crippen LogP contribution in [0.3, 0.4) is 0 Å². The predicted molar refractivity (Wildman–Crippen MR) is 141 cm³/mol. The molecule has 190 valence electrons. The topological polar surface area (TPSA) is 86.8 Å². The maximum atomic E-state index is 11.5. The lowest BCUT2D eigenvalue weighted by Gasteiger charge is -2.36.